The highest BCUT2D eigenvalue weighted by atomic mass is 79.9. The average Bonchev–Trinajstić information content (AvgIpc) is 2.58. The maximum Gasteiger partial charge on any atom is 0.0483 e. The minimum absolute atomic E-state index is 0.164. The molecule has 0 aliphatic heterocycles. The molecule has 1 fully saturated rings. The van der Waals surface area contributed by atoms with E-state index < -0.39 is 0 Å². The molecule has 0 saturated heterocycles. The molecule has 2 N–H and O–H groups in total. The summed E-state index contributed by atoms with van der Waals surface area (Å²) in [6.45, 7) is 4.34. The Balaban J connectivity index is 2.48. The molecular formula is C11H13BrClN. The van der Waals surface area contributed by atoms with Crippen molar-refractivity contribution in [3.05, 3.63) is 33.3 Å². The molecular weight excluding hydrogens is 261 g/mol. The standard InChI is InChI=1S/C11H13BrClN/c1-10(2)6-11(10,14)8-5-7(12)3-4-9(8)13/h3-5H,6,14H2,1-2H3. The second-order valence-electron chi connectivity index (χ2n) is 4.66. The van der Waals surface area contributed by atoms with Crippen molar-refractivity contribution >= 4 is 27.5 Å². The first-order valence-corrected chi connectivity index (χ1v) is 5.78. The third-order valence-electron chi connectivity index (χ3n) is 3.21. The van der Waals surface area contributed by atoms with E-state index in [0.717, 1.165) is 21.5 Å². The van der Waals surface area contributed by atoms with Gasteiger partial charge in [0.15, 0.2) is 0 Å². The van der Waals surface area contributed by atoms with Crippen LogP contribution in [-0.2, 0) is 5.54 Å². The first-order valence-electron chi connectivity index (χ1n) is 4.61. The Morgan fingerprint density at radius 1 is 1.43 bits per heavy atom. The molecule has 1 nitrogen and oxygen atoms in total. The summed E-state index contributed by atoms with van der Waals surface area (Å²) in [6, 6.07) is 5.85. The Morgan fingerprint density at radius 2 is 2.00 bits per heavy atom. The first-order chi connectivity index (χ1) is 6.37. The maximum atomic E-state index is 6.31. The van der Waals surface area contributed by atoms with E-state index in [-0.39, 0.29) is 11.0 Å². The molecule has 76 valence electrons. The number of nitrogens with two attached hydrogens (primary N) is 1. The first kappa shape index (κ1) is 10.5. The van der Waals surface area contributed by atoms with Crippen LogP contribution in [0.3, 0.4) is 0 Å². The van der Waals surface area contributed by atoms with Crippen LogP contribution in [0.2, 0.25) is 5.02 Å². The predicted octanol–water partition coefficient (Wildman–Crippen LogP) is 3.69. The van der Waals surface area contributed by atoms with Crippen molar-refractivity contribution in [3.63, 3.8) is 0 Å². The SMILES string of the molecule is CC1(C)CC1(N)c1cc(Br)ccc1Cl. The Bertz CT molecular complexity index is 389. The lowest BCUT2D eigenvalue weighted by atomic mass is 9.97. The van der Waals surface area contributed by atoms with Gasteiger partial charge in [-0.3, -0.25) is 0 Å². The van der Waals surface area contributed by atoms with Gasteiger partial charge in [-0.25, -0.2) is 0 Å². The highest BCUT2D eigenvalue weighted by Crippen LogP contribution is 2.61. The summed E-state index contributed by atoms with van der Waals surface area (Å²) in [5, 5.41) is 0.765. The van der Waals surface area contributed by atoms with Gasteiger partial charge in [-0.2, -0.15) is 0 Å². The van der Waals surface area contributed by atoms with Crippen LogP contribution >= 0.6 is 27.5 Å². The van der Waals surface area contributed by atoms with E-state index >= 15 is 0 Å². The van der Waals surface area contributed by atoms with Gasteiger partial charge >= 0.3 is 0 Å². The largest absolute Gasteiger partial charge is 0.321 e. The molecule has 1 aromatic carbocycles. The van der Waals surface area contributed by atoms with E-state index in [2.05, 4.69) is 29.8 Å². The Hall–Kier alpha value is -0.0500. The van der Waals surface area contributed by atoms with Crippen molar-refractivity contribution in [1.29, 1.82) is 0 Å². The molecule has 0 aromatic heterocycles. The molecule has 1 atom stereocenters. The molecule has 0 bridgehead atoms. The van der Waals surface area contributed by atoms with Crippen LogP contribution in [0.25, 0.3) is 0 Å². The average molecular weight is 275 g/mol. The van der Waals surface area contributed by atoms with Crippen LogP contribution in [0.5, 0.6) is 0 Å². The van der Waals surface area contributed by atoms with Crippen molar-refractivity contribution in [2.45, 2.75) is 25.8 Å². The summed E-state index contributed by atoms with van der Waals surface area (Å²) in [6.07, 6.45) is 0.996. The Kier molecular flexibility index (Phi) is 2.22. The third kappa shape index (κ3) is 1.40. The van der Waals surface area contributed by atoms with Crippen molar-refractivity contribution in [2.24, 2.45) is 11.1 Å². The van der Waals surface area contributed by atoms with E-state index in [4.69, 9.17) is 17.3 Å². The van der Waals surface area contributed by atoms with Crippen LogP contribution < -0.4 is 5.73 Å². The fourth-order valence-corrected chi connectivity index (χ4v) is 2.60. The van der Waals surface area contributed by atoms with Gasteiger partial charge in [-0.05, 0) is 35.6 Å². The molecule has 1 saturated carbocycles. The maximum absolute atomic E-state index is 6.31. The molecule has 1 aliphatic rings. The summed E-state index contributed by atoms with van der Waals surface area (Å²) in [5.41, 5.74) is 7.29. The van der Waals surface area contributed by atoms with Crippen LogP contribution in [0, 0.1) is 5.41 Å². The zero-order valence-electron chi connectivity index (χ0n) is 8.27. The molecule has 0 amide bonds. The third-order valence-corrected chi connectivity index (χ3v) is 4.04. The summed E-state index contributed by atoms with van der Waals surface area (Å²) < 4.78 is 1.03. The van der Waals surface area contributed by atoms with Crippen molar-refractivity contribution in [3.8, 4) is 0 Å². The summed E-state index contributed by atoms with van der Waals surface area (Å²) in [5.74, 6) is 0. The van der Waals surface area contributed by atoms with Crippen LogP contribution in [0.4, 0.5) is 0 Å². The lowest BCUT2D eigenvalue weighted by Crippen LogP contribution is -2.25. The lowest BCUT2D eigenvalue weighted by Gasteiger charge is -2.17. The quantitative estimate of drug-likeness (QED) is 0.830. The normalized spacial score (nSPS) is 28.9. The van der Waals surface area contributed by atoms with Crippen LogP contribution in [0.1, 0.15) is 25.8 Å². The highest BCUT2D eigenvalue weighted by molar-refractivity contribution is 9.10. The van der Waals surface area contributed by atoms with E-state index in [9.17, 15) is 0 Å². The van der Waals surface area contributed by atoms with E-state index in [1.165, 1.54) is 0 Å². The number of rotatable bonds is 1. The predicted molar refractivity (Wildman–Crippen MR) is 63.4 cm³/mol. The Labute approximate surface area is 97.8 Å². The minimum Gasteiger partial charge on any atom is -0.321 e. The fourth-order valence-electron chi connectivity index (χ4n) is 1.95. The highest BCUT2D eigenvalue weighted by Gasteiger charge is 2.60. The monoisotopic (exact) mass is 273 g/mol. The summed E-state index contributed by atoms with van der Waals surface area (Å²) in [7, 11) is 0. The number of hydrogen-bond acceptors (Lipinski definition) is 1. The molecule has 1 unspecified atom stereocenters. The molecule has 14 heavy (non-hydrogen) atoms. The smallest absolute Gasteiger partial charge is 0.0483 e. The summed E-state index contributed by atoms with van der Waals surface area (Å²) in [4.78, 5) is 0. The molecule has 2 rings (SSSR count). The van der Waals surface area contributed by atoms with Gasteiger partial charge in [0.25, 0.3) is 0 Å². The second-order valence-corrected chi connectivity index (χ2v) is 5.98. The Morgan fingerprint density at radius 3 is 2.50 bits per heavy atom. The van der Waals surface area contributed by atoms with Gasteiger partial charge in [0, 0.05) is 15.0 Å². The number of halogens is 2. The zero-order valence-corrected chi connectivity index (χ0v) is 10.6. The van der Waals surface area contributed by atoms with Crippen LogP contribution in [0.15, 0.2) is 22.7 Å². The lowest BCUT2D eigenvalue weighted by molar-refractivity contribution is 0.510. The molecule has 0 heterocycles. The van der Waals surface area contributed by atoms with Gasteiger partial charge in [-0.15, -0.1) is 0 Å². The van der Waals surface area contributed by atoms with Crippen molar-refractivity contribution in [2.75, 3.05) is 0 Å². The van der Waals surface area contributed by atoms with Gasteiger partial charge in [0.1, 0.15) is 0 Å². The van der Waals surface area contributed by atoms with Gasteiger partial charge in [-0.1, -0.05) is 41.4 Å². The molecule has 3 heteroatoms. The minimum atomic E-state index is -0.242. The zero-order chi connectivity index (χ0) is 10.6. The summed E-state index contributed by atoms with van der Waals surface area (Å²) >= 11 is 9.59. The number of benzene rings is 1. The van der Waals surface area contributed by atoms with E-state index in [1.54, 1.807) is 0 Å². The van der Waals surface area contributed by atoms with E-state index in [1.807, 2.05) is 18.2 Å². The van der Waals surface area contributed by atoms with Crippen molar-refractivity contribution < 1.29 is 0 Å². The molecule has 1 aromatic rings. The van der Waals surface area contributed by atoms with E-state index in [0.29, 0.717) is 0 Å². The van der Waals surface area contributed by atoms with Gasteiger partial charge in [0.05, 0.1) is 0 Å². The van der Waals surface area contributed by atoms with Crippen LogP contribution in [-0.4, -0.2) is 0 Å². The van der Waals surface area contributed by atoms with Gasteiger partial charge < -0.3 is 5.73 Å². The van der Waals surface area contributed by atoms with Crippen molar-refractivity contribution in [1.82, 2.24) is 0 Å². The number of hydrogen-bond donors (Lipinski definition) is 1. The molecule has 1 aliphatic carbocycles. The topological polar surface area (TPSA) is 26.0 Å². The molecule has 0 radical (unpaired) electrons. The fraction of sp³-hybridized carbons (Fsp3) is 0.455. The molecule has 0 spiro atoms. The second kappa shape index (κ2) is 2.97. The van der Waals surface area contributed by atoms with Gasteiger partial charge in [0.2, 0.25) is 0 Å².